The van der Waals surface area contributed by atoms with E-state index in [9.17, 15) is 8.78 Å². The number of halogens is 2. The largest absolute Gasteiger partial charge is 0.368 e. The maximum atomic E-state index is 14.2. The average molecular weight is 369 g/mol. The molecular weight excluding hydrogens is 352 g/mol. The van der Waals surface area contributed by atoms with Gasteiger partial charge in [0.2, 0.25) is 11.9 Å². The first-order valence-electron chi connectivity index (χ1n) is 8.45. The van der Waals surface area contributed by atoms with Gasteiger partial charge in [-0.15, -0.1) is 0 Å². The molecule has 4 rings (SSSR count). The molecule has 27 heavy (non-hydrogen) atoms. The summed E-state index contributed by atoms with van der Waals surface area (Å²) in [4.78, 5) is 20.5. The van der Waals surface area contributed by atoms with E-state index in [1.54, 1.807) is 24.8 Å². The summed E-state index contributed by atoms with van der Waals surface area (Å²) < 4.78 is 27.8. The number of rotatable bonds is 5. The van der Waals surface area contributed by atoms with Gasteiger partial charge in [-0.05, 0) is 25.0 Å². The van der Waals surface area contributed by atoms with E-state index >= 15 is 0 Å². The monoisotopic (exact) mass is 369 g/mol. The van der Waals surface area contributed by atoms with Crippen molar-refractivity contribution < 1.29 is 8.78 Å². The van der Waals surface area contributed by atoms with Gasteiger partial charge in [-0.3, -0.25) is 4.98 Å². The number of hydrogen-bond acceptors (Lipinski definition) is 7. The lowest BCUT2D eigenvalue weighted by Gasteiger charge is -2.43. The highest BCUT2D eigenvalue weighted by Crippen LogP contribution is 2.45. The number of nitrogens with two attached hydrogens (primary N) is 1. The van der Waals surface area contributed by atoms with E-state index in [0.717, 1.165) is 11.1 Å². The Balaban J connectivity index is 1.49. The molecule has 138 valence electrons. The molecule has 0 atom stereocenters. The highest BCUT2D eigenvalue weighted by atomic mass is 19.1. The molecule has 3 N–H and O–H groups in total. The highest BCUT2D eigenvalue weighted by Gasteiger charge is 2.48. The molecule has 1 saturated carbocycles. The summed E-state index contributed by atoms with van der Waals surface area (Å²) in [5, 5.41) is 3.07. The average Bonchev–Trinajstić information content (AvgIpc) is 2.66. The van der Waals surface area contributed by atoms with E-state index in [1.807, 2.05) is 0 Å². The summed E-state index contributed by atoms with van der Waals surface area (Å²) in [6.07, 6.45) is 7.41. The molecule has 3 heterocycles. The summed E-state index contributed by atoms with van der Waals surface area (Å²) in [6, 6.07) is 2.87. The number of nitrogen functional groups attached to an aromatic ring is 1. The molecule has 3 aromatic heterocycles. The van der Waals surface area contributed by atoms with Crippen LogP contribution in [0.5, 0.6) is 0 Å². The molecule has 0 spiro atoms. The van der Waals surface area contributed by atoms with Gasteiger partial charge >= 0.3 is 0 Å². The summed E-state index contributed by atoms with van der Waals surface area (Å²) in [6.45, 7) is 0.297. The fraction of sp³-hybridized carbons (Fsp3) is 0.278. The van der Waals surface area contributed by atoms with Crippen molar-refractivity contribution in [2.24, 2.45) is 0 Å². The van der Waals surface area contributed by atoms with Gasteiger partial charge in [-0.25, -0.2) is 28.7 Å². The minimum atomic E-state index is -0.956. The molecule has 0 saturated heterocycles. The lowest BCUT2D eigenvalue weighted by molar-refractivity contribution is 0.0963. The number of anilines is 2. The third-order valence-corrected chi connectivity index (χ3v) is 4.73. The fourth-order valence-electron chi connectivity index (χ4n) is 3.29. The van der Waals surface area contributed by atoms with Crippen molar-refractivity contribution >= 4 is 11.9 Å². The first-order valence-corrected chi connectivity index (χ1v) is 8.45. The molecule has 0 amide bonds. The predicted molar refractivity (Wildman–Crippen MR) is 96.0 cm³/mol. The van der Waals surface area contributed by atoms with E-state index in [4.69, 9.17) is 5.73 Å². The number of pyridine rings is 1. The van der Waals surface area contributed by atoms with Gasteiger partial charge in [0.1, 0.15) is 12.0 Å². The molecule has 7 nitrogen and oxygen atoms in total. The molecule has 9 heteroatoms. The second-order valence-corrected chi connectivity index (χ2v) is 6.60. The molecule has 3 aromatic rings. The minimum absolute atomic E-state index is 0.191. The van der Waals surface area contributed by atoms with E-state index in [-0.39, 0.29) is 24.5 Å². The second-order valence-electron chi connectivity index (χ2n) is 6.60. The van der Waals surface area contributed by atoms with Crippen molar-refractivity contribution in [3.63, 3.8) is 0 Å². The zero-order chi connectivity index (χ0) is 18.9. The van der Waals surface area contributed by atoms with Gasteiger partial charge in [0.15, 0.2) is 0 Å². The summed E-state index contributed by atoms with van der Waals surface area (Å²) in [5.41, 5.74) is 6.53. The zero-order valence-electron chi connectivity index (χ0n) is 14.3. The third-order valence-electron chi connectivity index (χ3n) is 4.73. The van der Waals surface area contributed by atoms with E-state index in [2.05, 4.69) is 30.2 Å². The van der Waals surface area contributed by atoms with Crippen molar-refractivity contribution in [1.82, 2.24) is 24.9 Å². The smallest absolute Gasteiger partial charge is 0.222 e. The van der Waals surface area contributed by atoms with Crippen molar-refractivity contribution in [2.75, 3.05) is 17.6 Å². The van der Waals surface area contributed by atoms with Gasteiger partial charge < -0.3 is 11.1 Å². The molecule has 1 aliphatic carbocycles. The number of nitrogens with one attached hydrogen (secondary N) is 1. The second kappa shape index (κ2) is 6.82. The Morgan fingerprint density at radius 2 is 1.67 bits per heavy atom. The number of aromatic nitrogens is 5. The lowest BCUT2D eigenvalue weighted by Crippen LogP contribution is -2.49. The molecular formula is C18H17F2N7. The molecule has 1 fully saturated rings. The minimum Gasteiger partial charge on any atom is -0.368 e. The number of hydrogen-bond donors (Lipinski definition) is 2. The van der Waals surface area contributed by atoms with Crippen molar-refractivity contribution in [2.45, 2.75) is 24.4 Å². The number of alkyl halides is 1. The fourth-order valence-corrected chi connectivity index (χ4v) is 3.29. The Kier molecular flexibility index (Phi) is 4.35. The molecule has 0 radical (unpaired) electrons. The van der Waals surface area contributed by atoms with Crippen LogP contribution in [0.25, 0.3) is 11.1 Å². The summed E-state index contributed by atoms with van der Waals surface area (Å²) in [7, 11) is 0. The van der Waals surface area contributed by atoms with Crippen LogP contribution in [0.2, 0.25) is 0 Å². The van der Waals surface area contributed by atoms with Crippen molar-refractivity contribution in [1.29, 1.82) is 0 Å². The molecule has 1 aliphatic rings. The maximum absolute atomic E-state index is 14.2. The Morgan fingerprint density at radius 1 is 1.04 bits per heavy atom. The van der Waals surface area contributed by atoms with Gasteiger partial charge in [0.05, 0.1) is 5.69 Å². The van der Waals surface area contributed by atoms with Crippen LogP contribution in [0.3, 0.4) is 0 Å². The van der Waals surface area contributed by atoms with Crippen LogP contribution in [0.15, 0.2) is 43.1 Å². The van der Waals surface area contributed by atoms with Gasteiger partial charge in [0, 0.05) is 54.1 Å². The van der Waals surface area contributed by atoms with Gasteiger partial charge in [-0.2, -0.15) is 0 Å². The Hall–Kier alpha value is -3.23. The molecule has 0 aliphatic heterocycles. The predicted octanol–water partition coefficient (Wildman–Crippen LogP) is 2.53. The lowest BCUT2D eigenvalue weighted by atomic mass is 9.65. The first kappa shape index (κ1) is 17.2. The van der Waals surface area contributed by atoms with Crippen LogP contribution in [-0.2, 0) is 5.41 Å². The van der Waals surface area contributed by atoms with Crippen LogP contribution in [0, 0.1) is 5.82 Å². The Bertz CT molecular complexity index is 925. The van der Waals surface area contributed by atoms with Crippen molar-refractivity contribution in [3.8, 4) is 11.1 Å². The summed E-state index contributed by atoms with van der Waals surface area (Å²) >= 11 is 0. The Morgan fingerprint density at radius 3 is 2.26 bits per heavy atom. The Labute approximate surface area is 154 Å². The van der Waals surface area contributed by atoms with Gasteiger partial charge in [-0.1, -0.05) is 0 Å². The van der Waals surface area contributed by atoms with Gasteiger partial charge in [0.25, 0.3) is 0 Å². The molecule has 0 aromatic carbocycles. The van der Waals surface area contributed by atoms with E-state index < -0.39 is 17.4 Å². The molecule has 0 unspecified atom stereocenters. The van der Waals surface area contributed by atoms with Crippen LogP contribution in [0.4, 0.5) is 20.7 Å². The van der Waals surface area contributed by atoms with Crippen LogP contribution < -0.4 is 11.1 Å². The van der Waals surface area contributed by atoms with Crippen LogP contribution in [-0.4, -0.2) is 37.6 Å². The van der Waals surface area contributed by atoms with Crippen LogP contribution in [0.1, 0.15) is 18.5 Å². The van der Waals surface area contributed by atoms with E-state index in [0.29, 0.717) is 12.5 Å². The van der Waals surface area contributed by atoms with E-state index in [1.165, 1.54) is 18.3 Å². The topological polar surface area (TPSA) is 102 Å². The standard InChI is InChI=1S/C18H17F2N7/c19-13-4-18(5-13,15-14(20)2-1-3-22-15)10-27-17-25-8-12(9-26-17)11-6-23-16(21)24-7-11/h1-3,6-9,13H,4-5,10H2,(H2,21,23,24)(H,25,26,27). The number of nitrogens with zero attached hydrogens (tertiary/aromatic N) is 5. The van der Waals surface area contributed by atoms with Crippen LogP contribution >= 0.6 is 0 Å². The van der Waals surface area contributed by atoms with Crippen molar-refractivity contribution in [3.05, 3.63) is 54.6 Å². The normalized spacial score (nSPS) is 21.5. The quantitative estimate of drug-likeness (QED) is 0.712. The highest BCUT2D eigenvalue weighted by molar-refractivity contribution is 5.60. The summed E-state index contributed by atoms with van der Waals surface area (Å²) in [5.74, 6) is 0.135. The zero-order valence-corrected chi connectivity index (χ0v) is 14.3. The molecule has 0 bridgehead atoms. The first-order chi connectivity index (χ1) is 13.1. The SMILES string of the molecule is Nc1ncc(-c2cnc(NCC3(c4ncccc4F)CC(F)C3)nc2)cn1. The third kappa shape index (κ3) is 3.40. The maximum Gasteiger partial charge on any atom is 0.222 e.